The van der Waals surface area contributed by atoms with E-state index in [1.165, 1.54) is 18.6 Å². The number of benzene rings is 1. The molecule has 3 saturated heterocycles. The van der Waals surface area contributed by atoms with Gasteiger partial charge in [-0.15, -0.1) is 0 Å². The highest BCUT2D eigenvalue weighted by molar-refractivity contribution is 5.94. The highest BCUT2D eigenvalue weighted by atomic mass is 19.4. The van der Waals surface area contributed by atoms with E-state index in [0.717, 1.165) is 51.3 Å². The third kappa shape index (κ3) is 4.87. The van der Waals surface area contributed by atoms with Crippen LogP contribution in [0, 0.1) is 11.8 Å². The zero-order valence-electron chi connectivity index (χ0n) is 16.6. The second-order valence-electron chi connectivity index (χ2n) is 7.96. The van der Waals surface area contributed by atoms with E-state index in [4.69, 9.17) is 0 Å². The fourth-order valence-electron chi connectivity index (χ4n) is 4.61. The number of nitrogens with zero attached hydrogens (tertiary/aromatic N) is 2. The number of nitrogens with one attached hydrogen (secondary N) is 1. The summed E-state index contributed by atoms with van der Waals surface area (Å²) in [7, 11) is 0. The van der Waals surface area contributed by atoms with Crippen molar-refractivity contribution in [1.29, 1.82) is 0 Å². The Labute approximate surface area is 165 Å². The van der Waals surface area contributed by atoms with Gasteiger partial charge in [-0.3, -0.25) is 9.69 Å². The molecule has 4 atom stereocenters. The molecule has 3 aliphatic rings. The van der Waals surface area contributed by atoms with Gasteiger partial charge in [0, 0.05) is 31.2 Å². The fraction of sp³-hybridized carbons (Fsp3) is 0.667. The predicted octanol–water partition coefficient (Wildman–Crippen LogP) is 3.49. The minimum Gasteiger partial charge on any atom is -0.350 e. The molecule has 3 fully saturated rings. The molecule has 1 aromatic carbocycles. The molecule has 0 radical (unpaired) electrons. The summed E-state index contributed by atoms with van der Waals surface area (Å²) in [6.45, 7) is 10.4. The number of rotatable bonds is 7. The Morgan fingerprint density at radius 2 is 1.89 bits per heavy atom. The first-order chi connectivity index (χ1) is 13.3. The lowest BCUT2D eigenvalue weighted by Gasteiger charge is -2.51. The SMILES string of the molecule is CCN(CC)CC1CN2CCC1CC2CNC(=O)c1ccc(C(F)(F)F)cc1. The van der Waals surface area contributed by atoms with Crippen molar-refractivity contribution < 1.29 is 18.0 Å². The molecule has 1 N–H and O–H groups in total. The quantitative estimate of drug-likeness (QED) is 0.765. The van der Waals surface area contributed by atoms with Crippen molar-refractivity contribution in [1.82, 2.24) is 15.1 Å². The molecule has 156 valence electrons. The van der Waals surface area contributed by atoms with E-state index < -0.39 is 11.7 Å². The van der Waals surface area contributed by atoms with E-state index in [1.807, 2.05) is 0 Å². The molecule has 1 aromatic rings. The molecule has 2 bridgehead atoms. The molecule has 0 aromatic heterocycles. The van der Waals surface area contributed by atoms with Crippen LogP contribution >= 0.6 is 0 Å². The van der Waals surface area contributed by atoms with Crippen LogP contribution in [-0.4, -0.2) is 61.0 Å². The van der Waals surface area contributed by atoms with Gasteiger partial charge in [-0.05, 0) is 68.6 Å². The Morgan fingerprint density at radius 1 is 1.21 bits per heavy atom. The molecule has 4 unspecified atom stereocenters. The molecular weight excluding hydrogens is 367 g/mol. The van der Waals surface area contributed by atoms with Crippen LogP contribution in [0.25, 0.3) is 0 Å². The van der Waals surface area contributed by atoms with Crippen LogP contribution in [0.5, 0.6) is 0 Å². The Bertz CT molecular complexity index is 658. The van der Waals surface area contributed by atoms with E-state index in [1.54, 1.807) is 0 Å². The number of amides is 1. The minimum absolute atomic E-state index is 0.267. The van der Waals surface area contributed by atoms with Crippen LogP contribution in [0.1, 0.15) is 42.6 Å². The van der Waals surface area contributed by atoms with Gasteiger partial charge < -0.3 is 10.2 Å². The van der Waals surface area contributed by atoms with Crippen LogP contribution in [-0.2, 0) is 6.18 Å². The molecular formula is C21H30F3N3O. The van der Waals surface area contributed by atoms with Crippen molar-refractivity contribution in [2.75, 3.05) is 39.3 Å². The summed E-state index contributed by atoms with van der Waals surface area (Å²) < 4.78 is 37.9. The molecule has 1 amide bonds. The molecule has 4 rings (SSSR count). The zero-order valence-corrected chi connectivity index (χ0v) is 16.6. The zero-order chi connectivity index (χ0) is 20.3. The summed E-state index contributed by atoms with van der Waals surface area (Å²) in [5.74, 6) is 1.07. The van der Waals surface area contributed by atoms with Gasteiger partial charge in [0.1, 0.15) is 0 Å². The topological polar surface area (TPSA) is 35.6 Å². The van der Waals surface area contributed by atoms with Gasteiger partial charge in [-0.25, -0.2) is 0 Å². The summed E-state index contributed by atoms with van der Waals surface area (Å²) in [6, 6.07) is 4.72. The Balaban J connectivity index is 1.51. The smallest absolute Gasteiger partial charge is 0.350 e. The number of carbonyl (C=O) groups is 1. The average Bonchev–Trinajstić information content (AvgIpc) is 2.70. The number of halogens is 3. The monoisotopic (exact) mass is 397 g/mol. The van der Waals surface area contributed by atoms with Gasteiger partial charge in [0.05, 0.1) is 5.56 Å². The Hall–Kier alpha value is -1.60. The molecule has 0 saturated carbocycles. The second kappa shape index (κ2) is 8.82. The fourth-order valence-corrected chi connectivity index (χ4v) is 4.61. The maximum absolute atomic E-state index is 12.6. The van der Waals surface area contributed by atoms with Crippen molar-refractivity contribution in [3.05, 3.63) is 35.4 Å². The lowest BCUT2D eigenvalue weighted by atomic mass is 9.75. The normalized spacial score (nSPS) is 27.2. The number of piperidine rings is 3. The van der Waals surface area contributed by atoms with Gasteiger partial charge in [-0.1, -0.05) is 13.8 Å². The van der Waals surface area contributed by atoms with E-state index >= 15 is 0 Å². The molecule has 3 heterocycles. The molecule has 7 heteroatoms. The van der Waals surface area contributed by atoms with Crippen molar-refractivity contribution in [3.63, 3.8) is 0 Å². The molecule has 4 nitrogen and oxygen atoms in total. The highest BCUT2D eigenvalue weighted by Crippen LogP contribution is 2.36. The number of hydrogen-bond donors (Lipinski definition) is 1. The Kier molecular flexibility index (Phi) is 6.65. The molecule has 0 aliphatic carbocycles. The number of alkyl halides is 3. The third-order valence-corrected chi connectivity index (χ3v) is 6.37. The number of carbonyl (C=O) groups excluding carboxylic acids is 1. The molecule has 3 aliphatic heterocycles. The molecule has 0 spiro atoms. The number of hydrogen-bond acceptors (Lipinski definition) is 3. The van der Waals surface area contributed by atoms with E-state index in [2.05, 4.69) is 29.0 Å². The predicted molar refractivity (Wildman–Crippen MR) is 103 cm³/mol. The number of fused-ring (bicyclic) bond motifs is 3. The van der Waals surface area contributed by atoms with Gasteiger partial charge in [0.2, 0.25) is 0 Å². The van der Waals surface area contributed by atoms with E-state index in [9.17, 15) is 18.0 Å². The first kappa shape index (κ1) is 21.1. The standard InChI is InChI=1S/C21H30F3N3O/c1-3-26(4-2)13-17-14-27-10-9-16(17)11-19(27)12-25-20(28)15-5-7-18(8-6-15)21(22,23)24/h5-8,16-17,19H,3-4,9-14H2,1-2H3,(H,25,28). The van der Waals surface area contributed by atoms with Gasteiger partial charge in [0.15, 0.2) is 0 Å². The van der Waals surface area contributed by atoms with Crippen molar-refractivity contribution in [2.24, 2.45) is 11.8 Å². The van der Waals surface area contributed by atoms with Crippen LogP contribution in [0.4, 0.5) is 13.2 Å². The van der Waals surface area contributed by atoms with Crippen molar-refractivity contribution >= 4 is 5.91 Å². The Morgan fingerprint density at radius 3 is 2.43 bits per heavy atom. The summed E-state index contributed by atoms with van der Waals surface area (Å²) in [4.78, 5) is 17.3. The maximum Gasteiger partial charge on any atom is 0.416 e. The highest BCUT2D eigenvalue weighted by Gasteiger charge is 2.40. The van der Waals surface area contributed by atoms with Gasteiger partial charge in [0.25, 0.3) is 5.91 Å². The largest absolute Gasteiger partial charge is 0.416 e. The molecule has 28 heavy (non-hydrogen) atoms. The van der Waals surface area contributed by atoms with Crippen molar-refractivity contribution in [3.8, 4) is 0 Å². The van der Waals surface area contributed by atoms with E-state index in [-0.39, 0.29) is 11.5 Å². The average molecular weight is 397 g/mol. The minimum atomic E-state index is -4.38. The van der Waals surface area contributed by atoms with Crippen LogP contribution < -0.4 is 5.32 Å². The lowest BCUT2D eigenvalue weighted by molar-refractivity contribution is -0.137. The van der Waals surface area contributed by atoms with Gasteiger partial charge in [-0.2, -0.15) is 13.2 Å². The first-order valence-corrected chi connectivity index (χ1v) is 10.2. The van der Waals surface area contributed by atoms with Crippen LogP contribution in [0.3, 0.4) is 0 Å². The van der Waals surface area contributed by atoms with E-state index in [0.29, 0.717) is 24.4 Å². The van der Waals surface area contributed by atoms with Gasteiger partial charge >= 0.3 is 6.18 Å². The first-order valence-electron chi connectivity index (χ1n) is 10.2. The van der Waals surface area contributed by atoms with Crippen molar-refractivity contribution in [2.45, 2.75) is 38.9 Å². The summed E-state index contributed by atoms with van der Waals surface area (Å²) >= 11 is 0. The second-order valence-corrected chi connectivity index (χ2v) is 7.96. The maximum atomic E-state index is 12.6. The third-order valence-electron chi connectivity index (χ3n) is 6.37. The summed E-state index contributed by atoms with van der Waals surface area (Å²) in [5, 5.41) is 2.92. The summed E-state index contributed by atoms with van der Waals surface area (Å²) in [5.41, 5.74) is -0.470. The summed E-state index contributed by atoms with van der Waals surface area (Å²) in [6.07, 6.45) is -2.08. The lowest BCUT2D eigenvalue weighted by Crippen LogP contribution is -2.58. The van der Waals surface area contributed by atoms with Crippen LogP contribution in [0.15, 0.2) is 24.3 Å². The van der Waals surface area contributed by atoms with Crippen LogP contribution in [0.2, 0.25) is 0 Å².